The summed E-state index contributed by atoms with van der Waals surface area (Å²) >= 11 is 0. The molecule has 8 heteroatoms. The first-order valence-electron chi connectivity index (χ1n) is 7.98. The summed E-state index contributed by atoms with van der Waals surface area (Å²) in [6.45, 7) is 4.21. The van der Waals surface area contributed by atoms with Crippen molar-refractivity contribution in [2.45, 2.75) is 44.0 Å². The van der Waals surface area contributed by atoms with Gasteiger partial charge < -0.3 is 5.32 Å². The van der Waals surface area contributed by atoms with Crippen LogP contribution in [0, 0.1) is 17.6 Å². The Balaban J connectivity index is 2.47. The molecular formula is C16H22F2N2O3S. The molecule has 1 N–H and O–H groups in total. The number of benzene rings is 1. The molecule has 1 heterocycles. The van der Waals surface area contributed by atoms with Crippen LogP contribution in [0.2, 0.25) is 0 Å². The summed E-state index contributed by atoms with van der Waals surface area (Å²) in [5.41, 5.74) is 0. The van der Waals surface area contributed by atoms with E-state index in [1.165, 1.54) is 0 Å². The Morgan fingerprint density at radius 1 is 1.29 bits per heavy atom. The lowest BCUT2D eigenvalue weighted by molar-refractivity contribution is -0.124. The summed E-state index contributed by atoms with van der Waals surface area (Å²) in [6.07, 6.45) is 1.84. The maximum atomic E-state index is 14.0. The van der Waals surface area contributed by atoms with Crippen LogP contribution in [0.3, 0.4) is 0 Å². The molecule has 5 nitrogen and oxygen atoms in total. The van der Waals surface area contributed by atoms with Crippen LogP contribution in [0.1, 0.15) is 33.1 Å². The van der Waals surface area contributed by atoms with Crippen LogP contribution in [0.4, 0.5) is 8.78 Å². The standard InChI is InChI=1S/C16H22F2N2O3S/c1-11(2)10-20(14-5-3-4-8-19-16(14)21)24(22,23)15-7-6-12(17)9-13(15)18/h6-7,9,11,14H,3-5,8,10H2,1-2H3,(H,19,21). The van der Waals surface area contributed by atoms with Gasteiger partial charge in [-0.3, -0.25) is 4.79 Å². The van der Waals surface area contributed by atoms with Gasteiger partial charge in [0.2, 0.25) is 15.9 Å². The molecule has 0 saturated carbocycles. The molecule has 1 aliphatic heterocycles. The minimum atomic E-state index is -4.26. The second kappa shape index (κ2) is 7.57. The van der Waals surface area contributed by atoms with E-state index in [0.717, 1.165) is 22.9 Å². The second-order valence-electron chi connectivity index (χ2n) is 6.35. The van der Waals surface area contributed by atoms with Gasteiger partial charge in [0.15, 0.2) is 0 Å². The molecule has 1 aromatic carbocycles. The topological polar surface area (TPSA) is 66.5 Å². The number of hydrogen-bond donors (Lipinski definition) is 1. The minimum Gasteiger partial charge on any atom is -0.355 e. The van der Waals surface area contributed by atoms with Crippen LogP contribution in [0.5, 0.6) is 0 Å². The summed E-state index contributed by atoms with van der Waals surface area (Å²) in [5, 5.41) is 2.70. The van der Waals surface area contributed by atoms with Gasteiger partial charge in [0.1, 0.15) is 22.6 Å². The predicted molar refractivity (Wildman–Crippen MR) is 85.7 cm³/mol. The third kappa shape index (κ3) is 4.10. The van der Waals surface area contributed by atoms with Gasteiger partial charge in [0.25, 0.3) is 0 Å². The molecule has 24 heavy (non-hydrogen) atoms. The van der Waals surface area contributed by atoms with Crippen LogP contribution in [-0.2, 0) is 14.8 Å². The first-order valence-corrected chi connectivity index (χ1v) is 9.42. The number of carbonyl (C=O) groups excluding carboxylic acids is 1. The Bertz CT molecular complexity index is 707. The molecule has 2 rings (SSSR count). The molecular weight excluding hydrogens is 338 g/mol. The molecule has 1 unspecified atom stereocenters. The van der Waals surface area contributed by atoms with Crippen molar-refractivity contribution in [1.29, 1.82) is 0 Å². The number of rotatable bonds is 5. The van der Waals surface area contributed by atoms with Gasteiger partial charge in [0.05, 0.1) is 0 Å². The first-order chi connectivity index (χ1) is 11.2. The van der Waals surface area contributed by atoms with Crippen LogP contribution >= 0.6 is 0 Å². The van der Waals surface area contributed by atoms with E-state index in [-0.39, 0.29) is 18.4 Å². The number of nitrogens with one attached hydrogen (secondary N) is 1. The predicted octanol–water partition coefficient (Wildman–Crippen LogP) is 2.28. The lowest BCUT2D eigenvalue weighted by Crippen LogP contribution is -2.50. The van der Waals surface area contributed by atoms with Crippen molar-refractivity contribution in [2.75, 3.05) is 13.1 Å². The van der Waals surface area contributed by atoms with Gasteiger partial charge >= 0.3 is 0 Å². The smallest absolute Gasteiger partial charge is 0.246 e. The highest BCUT2D eigenvalue weighted by Crippen LogP contribution is 2.26. The van der Waals surface area contributed by atoms with Gasteiger partial charge in [-0.25, -0.2) is 17.2 Å². The summed E-state index contributed by atoms with van der Waals surface area (Å²) in [4.78, 5) is 11.7. The van der Waals surface area contributed by atoms with E-state index in [9.17, 15) is 22.0 Å². The van der Waals surface area contributed by atoms with Crippen molar-refractivity contribution in [3.63, 3.8) is 0 Å². The van der Waals surface area contributed by atoms with E-state index in [1.54, 1.807) is 0 Å². The number of sulfonamides is 1. The minimum absolute atomic E-state index is 0.0562. The molecule has 1 aliphatic rings. The Labute approximate surface area is 141 Å². The zero-order valence-electron chi connectivity index (χ0n) is 13.8. The van der Waals surface area contributed by atoms with E-state index < -0.39 is 32.6 Å². The molecule has 0 bridgehead atoms. The fourth-order valence-electron chi connectivity index (χ4n) is 2.76. The number of carbonyl (C=O) groups is 1. The van der Waals surface area contributed by atoms with Crippen LogP contribution in [0.25, 0.3) is 0 Å². The Kier molecular flexibility index (Phi) is 5.92. The summed E-state index contributed by atoms with van der Waals surface area (Å²) in [7, 11) is -4.26. The van der Waals surface area contributed by atoms with Crippen molar-refractivity contribution >= 4 is 15.9 Å². The molecule has 0 spiro atoms. The molecule has 0 aliphatic carbocycles. The lowest BCUT2D eigenvalue weighted by atomic mass is 10.1. The van der Waals surface area contributed by atoms with Crippen molar-refractivity contribution in [2.24, 2.45) is 5.92 Å². The molecule has 1 saturated heterocycles. The van der Waals surface area contributed by atoms with Crippen molar-refractivity contribution in [3.8, 4) is 0 Å². The average molecular weight is 360 g/mol. The molecule has 1 atom stereocenters. The number of halogens is 2. The highest BCUT2D eigenvalue weighted by molar-refractivity contribution is 7.89. The van der Waals surface area contributed by atoms with Gasteiger partial charge in [-0.15, -0.1) is 0 Å². The Morgan fingerprint density at radius 2 is 2.00 bits per heavy atom. The van der Waals surface area contributed by atoms with Crippen LogP contribution in [0.15, 0.2) is 23.1 Å². The van der Waals surface area contributed by atoms with E-state index in [4.69, 9.17) is 0 Å². The van der Waals surface area contributed by atoms with Gasteiger partial charge in [-0.05, 0) is 37.3 Å². The number of hydrogen-bond acceptors (Lipinski definition) is 3. The zero-order valence-corrected chi connectivity index (χ0v) is 14.6. The highest BCUT2D eigenvalue weighted by atomic mass is 32.2. The SMILES string of the molecule is CC(C)CN(C1CCCCNC1=O)S(=O)(=O)c1ccc(F)cc1F. The summed E-state index contributed by atoms with van der Waals surface area (Å²) in [6, 6.07) is 1.45. The molecule has 134 valence electrons. The first kappa shape index (κ1) is 18.8. The monoisotopic (exact) mass is 360 g/mol. The summed E-state index contributed by atoms with van der Waals surface area (Å²) < 4.78 is 54.1. The molecule has 0 aromatic heterocycles. The van der Waals surface area contributed by atoms with Crippen LogP contribution < -0.4 is 5.32 Å². The van der Waals surface area contributed by atoms with E-state index in [1.807, 2.05) is 13.8 Å². The third-order valence-electron chi connectivity index (χ3n) is 3.88. The zero-order chi connectivity index (χ0) is 17.9. The lowest BCUT2D eigenvalue weighted by Gasteiger charge is -2.30. The Morgan fingerprint density at radius 3 is 2.62 bits per heavy atom. The summed E-state index contributed by atoms with van der Waals surface area (Å²) in [5.74, 6) is -2.44. The molecule has 1 amide bonds. The normalized spacial score (nSPS) is 19.4. The molecule has 1 aromatic rings. The maximum Gasteiger partial charge on any atom is 0.246 e. The van der Waals surface area contributed by atoms with Crippen molar-refractivity contribution in [3.05, 3.63) is 29.8 Å². The van der Waals surface area contributed by atoms with Gasteiger partial charge in [0, 0.05) is 19.2 Å². The van der Waals surface area contributed by atoms with E-state index in [2.05, 4.69) is 5.32 Å². The number of nitrogens with zero attached hydrogens (tertiary/aromatic N) is 1. The third-order valence-corrected chi connectivity index (χ3v) is 5.79. The Hall–Kier alpha value is -1.54. The fraction of sp³-hybridized carbons (Fsp3) is 0.562. The second-order valence-corrected chi connectivity index (χ2v) is 8.20. The largest absolute Gasteiger partial charge is 0.355 e. The van der Waals surface area contributed by atoms with E-state index in [0.29, 0.717) is 25.5 Å². The van der Waals surface area contributed by atoms with Crippen molar-refractivity contribution in [1.82, 2.24) is 9.62 Å². The average Bonchev–Trinajstić information content (AvgIpc) is 2.68. The molecule has 0 radical (unpaired) electrons. The number of amides is 1. The molecule has 1 fully saturated rings. The maximum absolute atomic E-state index is 14.0. The van der Waals surface area contributed by atoms with Gasteiger partial charge in [-0.2, -0.15) is 4.31 Å². The van der Waals surface area contributed by atoms with Crippen LogP contribution in [-0.4, -0.2) is 37.8 Å². The quantitative estimate of drug-likeness (QED) is 0.876. The van der Waals surface area contributed by atoms with Crippen molar-refractivity contribution < 1.29 is 22.0 Å². The highest BCUT2D eigenvalue weighted by Gasteiger charge is 2.38. The van der Waals surface area contributed by atoms with Gasteiger partial charge in [-0.1, -0.05) is 13.8 Å². The fourth-order valence-corrected chi connectivity index (χ4v) is 4.59. The van der Waals surface area contributed by atoms with E-state index >= 15 is 0 Å².